The molecule has 0 heterocycles. The van der Waals surface area contributed by atoms with Crippen LogP contribution in [0.1, 0.15) is 476 Å². The fraction of sp³-hybridized carbons (Fsp3) is 0.925. The third kappa shape index (κ3) is 125. The monoisotopic (exact) mass is 1850 g/mol. The number of hydrogen-bond acceptors (Lipinski definition) is 16. The summed E-state index contributed by atoms with van der Waals surface area (Å²) in [5.74, 6) is 1.28. The third-order valence-corrected chi connectivity index (χ3v) is 23.2. The molecule has 130 heavy (non-hydrogen) atoms. The lowest BCUT2D eigenvalue weighted by Gasteiger charge is -2.07. The molecule has 0 atom stereocenters. The number of carbonyl (C=O) groups is 8. The summed E-state index contributed by atoms with van der Waals surface area (Å²) in [7, 11) is 10.0. The van der Waals surface area contributed by atoms with Crippen LogP contribution >= 0.6 is 0 Å². The predicted molar refractivity (Wildman–Crippen MR) is 541 cm³/mol. The fourth-order valence-electron chi connectivity index (χ4n) is 15.0. The minimum absolute atomic E-state index is 0.135. The number of carbonyl (C=O) groups excluding carboxylic acids is 8. The Bertz CT molecular complexity index is 2160. The molecule has 772 valence electrons. The van der Waals surface area contributed by atoms with Crippen molar-refractivity contribution in [3.05, 3.63) is 0 Å². The van der Waals surface area contributed by atoms with Crippen molar-refractivity contribution in [1.29, 1.82) is 0 Å². The Balaban J connectivity index is -0.000000842. The number of amides is 8. The molecule has 0 aliphatic rings. The van der Waals surface area contributed by atoms with Gasteiger partial charge in [0.25, 0.3) is 0 Å². The van der Waals surface area contributed by atoms with Crippen LogP contribution in [0.2, 0.25) is 0 Å². The van der Waals surface area contributed by atoms with E-state index in [1.807, 2.05) is 0 Å². The molecule has 0 spiro atoms. The summed E-state index contributed by atoms with van der Waals surface area (Å²) in [5.41, 5.74) is 0. The Kier molecular flexibility index (Phi) is 122. The standard InChI is InChI=1S/C40H80N2O4.C28H56N2O4.C20H40N2O4.C18H36N2O4/c1-3-5-7-9-11-13-15-19-23-27-35-45-37-29-33-41-39(43)31-25-21-17-18-22-26-32-40(44)42-34-30-38-46-36-28-24-20-16-14-12-10-8-6-4-2;1-33-25-19-23-29-27(31)21-17-15-13-11-9-7-5-3-4-6-8-10-12-14-16-18-22-28(32)30-24-20-26-34-2;1-25-17-11-15-21-19(23)13-9-7-5-3-4-6-8-10-14-20(24)22-16-12-18-26-2;1-23-15-9-13-19-17(21)11-7-5-3-4-6-8-12-18(22)20-14-10-16-24-2/h3-38H2,1-2H3,(H,41,43)(H,42,44);3-26H2,1-2H3,(H,29,31)(H,30,32);3-18H2,1-2H3,(H,21,23)(H,22,24);3-16H2,1-2H3,(H,19,21)(H,20,22). The van der Waals surface area contributed by atoms with Gasteiger partial charge >= 0.3 is 0 Å². The average Bonchev–Trinajstić information content (AvgIpc) is 1.06. The maximum atomic E-state index is 12.0. The molecule has 24 nitrogen and oxygen atoms in total. The van der Waals surface area contributed by atoms with Gasteiger partial charge in [-0.25, -0.2) is 0 Å². The van der Waals surface area contributed by atoms with Crippen molar-refractivity contribution in [2.75, 3.05) is 161 Å². The minimum Gasteiger partial charge on any atom is -0.385 e. The molecule has 0 saturated carbocycles. The van der Waals surface area contributed by atoms with Gasteiger partial charge < -0.3 is 80.4 Å². The van der Waals surface area contributed by atoms with Crippen molar-refractivity contribution < 1.29 is 76.3 Å². The van der Waals surface area contributed by atoms with Crippen LogP contribution in [0.3, 0.4) is 0 Å². The number of ether oxygens (including phenoxy) is 8. The second kappa shape index (κ2) is 121. The number of hydrogen-bond donors (Lipinski definition) is 8. The molecule has 8 amide bonds. The van der Waals surface area contributed by atoms with Gasteiger partial charge in [0.05, 0.1) is 0 Å². The maximum Gasteiger partial charge on any atom is 0.219 e. The van der Waals surface area contributed by atoms with Crippen molar-refractivity contribution in [1.82, 2.24) is 42.5 Å². The van der Waals surface area contributed by atoms with Crippen LogP contribution in [0.25, 0.3) is 0 Å². The van der Waals surface area contributed by atoms with E-state index in [1.54, 1.807) is 42.7 Å². The van der Waals surface area contributed by atoms with Crippen molar-refractivity contribution in [2.45, 2.75) is 476 Å². The van der Waals surface area contributed by atoms with Crippen LogP contribution in [0.4, 0.5) is 0 Å². The van der Waals surface area contributed by atoms with E-state index >= 15 is 0 Å². The van der Waals surface area contributed by atoms with E-state index in [-0.39, 0.29) is 47.3 Å². The van der Waals surface area contributed by atoms with Crippen LogP contribution in [0.15, 0.2) is 0 Å². The van der Waals surface area contributed by atoms with Gasteiger partial charge in [-0.1, -0.05) is 309 Å². The smallest absolute Gasteiger partial charge is 0.219 e. The zero-order valence-corrected chi connectivity index (χ0v) is 86.2. The molecule has 0 aromatic heterocycles. The zero-order chi connectivity index (χ0) is 95.6. The predicted octanol–water partition coefficient (Wildman–Crippen LogP) is 22.9. The van der Waals surface area contributed by atoms with Crippen LogP contribution in [0.5, 0.6) is 0 Å². The number of rotatable bonds is 102. The van der Waals surface area contributed by atoms with Crippen molar-refractivity contribution in [3.63, 3.8) is 0 Å². The number of methoxy groups -OCH3 is 6. The maximum absolute atomic E-state index is 12.0. The summed E-state index contributed by atoms with van der Waals surface area (Å²) in [6, 6.07) is 0. The Morgan fingerprint density at radius 3 is 0.377 bits per heavy atom. The first-order valence-corrected chi connectivity index (χ1v) is 54.0. The van der Waals surface area contributed by atoms with Gasteiger partial charge in [0.1, 0.15) is 0 Å². The van der Waals surface area contributed by atoms with Gasteiger partial charge in [-0.15, -0.1) is 0 Å². The summed E-state index contributed by atoms with van der Waals surface area (Å²) >= 11 is 0. The first kappa shape index (κ1) is 132. The number of unbranched alkanes of at least 4 members (excludes halogenated alkanes) is 50. The van der Waals surface area contributed by atoms with Gasteiger partial charge in [-0.2, -0.15) is 0 Å². The Morgan fingerprint density at radius 1 is 0.138 bits per heavy atom. The van der Waals surface area contributed by atoms with E-state index in [9.17, 15) is 38.4 Å². The third-order valence-electron chi connectivity index (χ3n) is 23.2. The lowest BCUT2D eigenvalue weighted by atomic mass is 10.0. The SMILES string of the molecule is CCCCCCCCCCCCOCCCNC(=O)CCCCCCCCC(=O)NCCCOCCCCCCCCCCCC.COCCCNC(=O)CCCCCCCCC(=O)NCCCOC.COCCCNC(=O)CCCCCCCCCCC(=O)NCCCOC.COCCCNC(=O)CCCCCCCCCCCCCCCCCCC(=O)NCCCOC. The van der Waals surface area contributed by atoms with Crippen LogP contribution in [0, 0.1) is 0 Å². The highest BCUT2D eigenvalue weighted by atomic mass is 16.5. The molecule has 24 heteroatoms. The van der Waals surface area contributed by atoms with Crippen LogP contribution in [-0.2, 0) is 76.3 Å². The highest BCUT2D eigenvalue weighted by Crippen LogP contribution is 2.18. The molecule has 0 radical (unpaired) electrons. The highest BCUT2D eigenvalue weighted by Gasteiger charge is 2.10. The Hall–Kier alpha value is -4.56. The summed E-state index contributed by atoms with van der Waals surface area (Å²) in [4.78, 5) is 93.6. The molecular weight excluding hydrogens is 1640 g/mol. The van der Waals surface area contributed by atoms with E-state index in [4.69, 9.17) is 37.9 Å². The lowest BCUT2D eigenvalue weighted by molar-refractivity contribution is -0.122. The van der Waals surface area contributed by atoms with Gasteiger partial charge in [0.15, 0.2) is 0 Å². The highest BCUT2D eigenvalue weighted by molar-refractivity contribution is 5.78. The molecule has 0 fully saturated rings. The first-order chi connectivity index (χ1) is 63.8. The van der Waals surface area contributed by atoms with Crippen molar-refractivity contribution >= 4 is 47.3 Å². The molecule has 8 N–H and O–H groups in total. The van der Waals surface area contributed by atoms with E-state index in [2.05, 4.69) is 56.4 Å². The Labute approximate surface area is 799 Å². The van der Waals surface area contributed by atoms with E-state index in [0.717, 1.165) is 219 Å². The minimum atomic E-state index is 0.135. The lowest BCUT2D eigenvalue weighted by Crippen LogP contribution is -2.25. The van der Waals surface area contributed by atoms with Gasteiger partial charge in [-0.3, -0.25) is 38.4 Å². The molecule has 0 bridgehead atoms. The molecule has 0 aliphatic carbocycles. The number of nitrogens with one attached hydrogen (secondary N) is 8. The largest absolute Gasteiger partial charge is 0.385 e. The second-order valence-corrected chi connectivity index (χ2v) is 35.9. The van der Waals surface area contributed by atoms with Gasteiger partial charge in [-0.05, 0) is 116 Å². The summed E-state index contributed by atoms with van der Waals surface area (Å²) in [6.07, 6.45) is 81.1. The van der Waals surface area contributed by atoms with Gasteiger partial charge in [0, 0.05) is 212 Å². The molecular formula is C106H212N8O16. The topological polar surface area (TPSA) is 307 Å². The van der Waals surface area contributed by atoms with E-state index in [1.165, 1.54) is 231 Å². The zero-order valence-electron chi connectivity index (χ0n) is 86.2. The van der Waals surface area contributed by atoms with E-state index < -0.39 is 0 Å². The average molecular weight is 1850 g/mol. The van der Waals surface area contributed by atoms with E-state index in [0.29, 0.717) is 130 Å². The molecule has 0 saturated heterocycles. The summed E-state index contributed by atoms with van der Waals surface area (Å²) < 4.78 is 41.2. The molecule has 0 aromatic rings. The molecule has 0 aliphatic heterocycles. The normalized spacial score (nSPS) is 11.0. The summed E-state index contributed by atoms with van der Waals surface area (Å²) in [5, 5.41) is 23.6. The molecule has 0 unspecified atom stereocenters. The van der Waals surface area contributed by atoms with Crippen LogP contribution < -0.4 is 42.5 Å². The quantitative estimate of drug-likeness (QED) is 0.0262. The fourth-order valence-corrected chi connectivity index (χ4v) is 15.0. The van der Waals surface area contributed by atoms with Crippen molar-refractivity contribution in [3.8, 4) is 0 Å². The Morgan fingerprint density at radius 2 is 0.246 bits per heavy atom. The second-order valence-electron chi connectivity index (χ2n) is 35.9. The molecule has 0 rings (SSSR count). The van der Waals surface area contributed by atoms with Crippen molar-refractivity contribution in [2.24, 2.45) is 0 Å². The van der Waals surface area contributed by atoms with Gasteiger partial charge in [0.2, 0.25) is 47.3 Å². The molecule has 0 aromatic carbocycles. The first-order valence-electron chi connectivity index (χ1n) is 54.0. The summed E-state index contributed by atoms with van der Waals surface area (Å²) in [6.45, 7) is 17.6. The van der Waals surface area contributed by atoms with Crippen LogP contribution in [-0.4, -0.2) is 208 Å².